The molecule has 1 aromatic rings. The number of furan rings is 1. The van der Waals surface area contributed by atoms with E-state index in [1.54, 1.807) is 12.3 Å². The Hall–Kier alpha value is -1.00. The second-order valence-corrected chi connectivity index (χ2v) is 4.69. The van der Waals surface area contributed by atoms with Crippen molar-refractivity contribution in [3.63, 3.8) is 0 Å². The molecule has 1 aliphatic rings. The van der Waals surface area contributed by atoms with Crippen LogP contribution in [0.25, 0.3) is 0 Å². The van der Waals surface area contributed by atoms with Crippen LogP contribution in [-0.4, -0.2) is 25.5 Å². The van der Waals surface area contributed by atoms with E-state index in [1.165, 1.54) is 12.8 Å². The van der Waals surface area contributed by atoms with Crippen molar-refractivity contribution in [1.29, 1.82) is 0 Å². The molecule has 5 heteroatoms. The Kier molecular flexibility index (Phi) is 6.22. The molecule has 2 heterocycles. The monoisotopic (exact) mass is 272 g/mol. The molecule has 2 rings (SSSR count). The number of nitrogens with one attached hydrogen (secondary N) is 2. The third-order valence-corrected chi connectivity index (χ3v) is 3.31. The summed E-state index contributed by atoms with van der Waals surface area (Å²) in [5, 5.41) is 6.29. The topological polar surface area (TPSA) is 54.3 Å². The zero-order valence-corrected chi connectivity index (χ0v) is 11.5. The van der Waals surface area contributed by atoms with Crippen LogP contribution in [0.1, 0.15) is 35.4 Å². The summed E-state index contributed by atoms with van der Waals surface area (Å²) in [7, 11) is 0. The van der Waals surface area contributed by atoms with Gasteiger partial charge in [0.15, 0.2) is 5.76 Å². The fourth-order valence-corrected chi connectivity index (χ4v) is 2.25. The normalized spacial score (nSPS) is 19.1. The summed E-state index contributed by atoms with van der Waals surface area (Å²) in [5.74, 6) is 1.03. The molecule has 4 nitrogen and oxygen atoms in total. The molecule has 1 atom stereocenters. The van der Waals surface area contributed by atoms with Crippen molar-refractivity contribution >= 4 is 18.3 Å². The minimum atomic E-state index is -0.101. The Morgan fingerprint density at radius 1 is 1.61 bits per heavy atom. The van der Waals surface area contributed by atoms with Crippen molar-refractivity contribution < 1.29 is 9.21 Å². The fraction of sp³-hybridized carbons (Fsp3) is 0.615. The molecule has 2 N–H and O–H groups in total. The van der Waals surface area contributed by atoms with Gasteiger partial charge in [-0.05, 0) is 51.3 Å². The quantitative estimate of drug-likeness (QED) is 0.883. The van der Waals surface area contributed by atoms with Crippen molar-refractivity contribution in [1.82, 2.24) is 10.6 Å². The van der Waals surface area contributed by atoms with E-state index in [1.807, 2.05) is 6.92 Å². The standard InChI is InChI=1S/C13H20N2O2.ClH/c1-10-5-8-17-12(10)13(16)15-7-4-11-3-2-6-14-9-11;/h5,8,11,14H,2-4,6-7,9H2,1H3,(H,15,16);1H. The molecule has 18 heavy (non-hydrogen) atoms. The van der Waals surface area contributed by atoms with Gasteiger partial charge in [-0.25, -0.2) is 0 Å². The number of carbonyl (C=O) groups is 1. The molecular formula is C13H21ClN2O2. The molecule has 1 unspecified atom stereocenters. The van der Waals surface area contributed by atoms with Crippen molar-refractivity contribution in [3.05, 3.63) is 23.7 Å². The maximum atomic E-state index is 11.7. The number of halogens is 1. The molecule has 0 bridgehead atoms. The van der Waals surface area contributed by atoms with Crippen LogP contribution in [0.4, 0.5) is 0 Å². The van der Waals surface area contributed by atoms with Crippen molar-refractivity contribution in [2.24, 2.45) is 5.92 Å². The van der Waals surface area contributed by atoms with Gasteiger partial charge >= 0.3 is 0 Å². The molecule has 102 valence electrons. The summed E-state index contributed by atoms with van der Waals surface area (Å²) < 4.78 is 5.14. The fourth-order valence-electron chi connectivity index (χ4n) is 2.25. The third-order valence-electron chi connectivity index (χ3n) is 3.31. The van der Waals surface area contributed by atoms with E-state index in [0.29, 0.717) is 11.7 Å². The molecule has 1 fully saturated rings. The molecule has 0 radical (unpaired) electrons. The van der Waals surface area contributed by atoms with Crippen molar-refractivity contribution in [3.8, 4) is 0 Å². The number of rotatable bonds is 4. The average molecular weight is 273 g/mol. The summed E-state index contributed by atoms with van der Waals surface area (Å²) in [6.45, 7) is 4.82. The van der Waals surface area contributed by atoms with Gasteiger partial charge < -0.3 is 15.1 Å². The van der Waals surface area contributed by atoms with Gasteiger partial charge in [-0.3, -0.25) is 4.79 Å². The van der Waals surface area contributed by atoms with Crippen molar-refractivity contribution in [2.75, 3.05) is 19.6 Å². The number of piperidine rings is 1. The maximum Gasteiger partial charge on any atom is 0.287 e. The summed E-state index contributed by atoms with van der Waals surface area (Å²) in [4.78, 5) is 11.7. The molecule has 1 aliphatic heterocycles. The largest absolute Gasteiger partial charge is 0.459 e. The van der Waals surface area contributed by atoms with Gasteiger partial charge in [0.05, 0.1) is 6.26 Å². The van der Waals surface area contributed by atoms with E-state index in [9.17, 15) is 4.79 Å². The smallest absolute Gasteiger partial charge is 0.287 e. The van der Waals surface area contributed by atoms with Crippen LogP contribution in [0.3, 0.4) is 0 Å². The Bertz CT molecular complexity index is 373. The number of amides is 1. The van der Waals surface area contributed by atoms with Crippen LogP contribution in [0.15, 0.2) is 16.7 Å². The lowest BCUT2D eigenvalue weighted by Gasteiger charge is -2.22. The van der Waals surface area contributed by atoms with Gasteiger partial charge in [0.1, 0.15) is 0 Å². The van der Waals surface area contributed by atoms with Gasteiger partial charge in [0.25, 0.3) is 5.91 Å². The lowest BCUT2D eigenvalue weighted by Crippen LogP contribution is -2.33. The zero-order chi connectivity index (χ0) is 12.1. The molecule has 0 spiro atoms. The minimum absolute atomic E-state index is 0. The van der Waals surface area contributed by atoms with Crippen molar-refractivity contribution in [2.45, 2.75) is 26.2 Å². The summed E-state index contributed by atoms with van der Waals surface area (Å²) in [6, 6.07) is 1.81. The van der Waals surface area contributed by atoms with Gasteiger partial charge in [0, 0.05) is 12.1 Å². The first-order chi connectivity index (χ1) is 8.27. The summed E-state index contributed by atoms with van der Waals surface area (Å²) >= 11 is 0. The molecule has 1 amide bonds. The Labute approximate surface area is 114 Å². The first-order valence-corrected chi connectivity index (χ1v) is 6.30. The molecule has 0 saturated carbocycles. The molecule has 0 aliphatic carbocycles. The second-order valence-electron chi connectivity index (χ2n) is 4.69. The number of aryl methyl sites for hydroxylation is 1. The highest BCUT2D eigenvalue weighted by Gasteiger charge is 2.15. The van der Waals surface area contributed by atoms with Crippen LogP contribution in [0.5, 0.6) is 0 Å². The molecular weight excluding hydrogens is 252 g/mol. The van der Waals surface area contributed by atoms with Crippen LogP contribution in [0.2, 0.25) is 0 Å². The highest BCUT2D eigenvalue weighted by Crippen LogP contribution is 2.13. The first-order valence-electron chi connectivity index (χ1n) is 6.30. The van der Waals surface area contributed by atoms with Crippen LogP contribution in [0, 0.1) is 12.8 Å². The maximum absolute atomic E-state index is 11.7. The number of hydrogen-bond acceptors (Lipinski definition) is 3. The first kappa shape index (κ1) is 15.1. The Morgan fingerprint density at radius 2 is 2.44 bits per heavy atom. The predicted molar refractivity (Wildman–Crippen MR) is 73.2 cm³/mol. The van der Waals surface area contributed by atoms with Gasteiger partial charge in [-0.15, -0.1) is 12.4 Å². The lowest BCUT2D eigenvalue weighted by atomic mass is 9.96. The highest BCUT2D eigenvalue weighted by molar-refractivity contribution is 5.92. The average Bonchev–Trinajstić information content (AvgIpc) is 2.77. The summed E-state index contributed by atoms with van der Waals surface area (Å²) in [5.41, 5.74) is 0.891. The SMILES string of the molecule is Cc1ccoc1C(=O)NCCC1CCCNC1.Cl. The van der Waals surface area contributed by atoms with Gasteiger partial charge in [0.2, 0.25) is 0 Å². The number of carbonyl (C=O) groups excluding carboxylic acids is 1. The van der Waals surface area contributed by atoms with E-state index in [-0.39, 0.29) is 18.3 Å². The highest BCUT2D eigenvalue weighted by atomic mass is 35.5. The van der Waals surface area contributed by atoms with E-state index >= 15 is 0 Å². The van der Waals surface area contributed by atoms with Crippen LogP contribution in [-0.2, 0) is 0 Å². The molecule has 1 saturated heterocycles. The van der Waals surface area contributed by atoms with E-state index in [2.05, 4.69) is 10.6 Å². The third kappa shape index (κ3) is 4.03. The molecule has 0 aromatic carbocycles. The molecule has 1 aromatic heterocycles. The van der Waals surface area contributed by atoms with E-state index in [0.717, 1.165) is 31.6 Å². The number of hydrogen-bond donors (Lipinski definition) is 2. The van der Waals surface area contributed by atoms with E-state index in [4.69, 9.17) is 4.42 Å². The summed E-state index contributed by atoms with van der Waals surface area (Å²) in [6.07, 6.45) is 5.10. The van der Waals surface area contributed by atoms with Crippen LogP contribution >= 0.6 is 12.4 Å². The predicted octanol–water partition coefficient (Wildman–Crippen LogP) is 2.13. The Morgan fingerprint density at radius 3 is 3.06 bits per heavy atom. The van der Waals surface area contributed by atoms with Gasteiger partial charge in [-0.2, -0.15) is 0 Å². The lowest BCUT2D eigenvalue weighted by molar-refractivity contribution is 0.0922. The minimum Gasteiger partial charge on any atom is -0.459 e. The zero-order valence-electron chi connectivity index (χ0n) is 10.7. The Balaban J connectivity index is 0.00000162. The van der Waals surface area contributed by atoms with Gasteiger partial charge in [-0.1, -0.05) is 0 Å². The van der Waals surface area contributed by atoms with Crippen LogP contribution < -0.4 is 10.6 Å². The second kappa shape index (κ2) is 7.44. The van der Waals surface area contributed by atoms with E-state index < -0.39 is 0 Å².